The zero-order chi connectivity index (χ0) is 13.0. The van der Waals surface area contributed by atoms with E-state index in [9.17, 15) is 0 Å². The first-order chi connectivity index (χ1) is 8.74. The summed E-state index contributed by atoms with van der Waals surface area (Å²) in [5, 5.41) is 12.0. The molecule has 0 bridgehead atoms. The number of aromatic nitrogens is 2. The topological polar surface area (TPSA) is 40.7 Å². The van der Waals surface area contributed by atoms with Gasteiger partial charge < -0.3 is 5.32 Å². The van der Waals surface area contributed by atoms with Gasteiger partial charge in [0.05, 0.1) is 11.7 Å². The second-order valence-corrected chi connectivity index (χ2v) is 5.14. The standard InChI is InChI=1S/C15H23N3/c1-4-11(3)9-12(5-2)17-14-7-6-8-15-13(14)10-16-18-15/h6-8,10-12,17H,4-5,9H2,1-3H3,(H,16,18). The van der Waals surface area contributed by atoms with Gasteiger partial charge in [-0.2, -0.15) is 5.10 Å². The minimum atomic E-state index is 0.542. The molecule has 0 saturated carbocycles. The number of benzene rings is 1. The second-order valence-electron chi connectivity index (χ2n) is 5.14. The number of aromatic amines is 1. The van der Waals surface area contributed by atoms with Gasteiger partial charge in [0.1, 0.15) is 0 Å². The van der Waals surface area contributed by atoms with Crippen molar-refractivity contribution in [1.29, 1.82) is 0 Å². The number of anilines is 1. The van der Waals surface area contributed by atoms with Crippen LogP contribution >= 0.6 is 0 Å². The van der Waals surface area contributed by atoms with Crippen LogP contribution in [0.5, 0.6) is 0 Å². The number of hydrogen-bond donors (Lipinski definition) is 2. The number of hydrogen-bond acceptors (Lipinski definition) is 2. The van der Waals surface area contributed by atoms with Crippen LogP contribution in [-0.2, 0) is 0 Å². The number of nitrogens with one attached hydrogen (secondary N) is 2. The van der Waals surface area contributed by atoms with Crippen molar-refractivity contribution in [3.63, 3.8) is 0 Å². The maximum absolute atomic E-state index is 4.11. The van der Waals surface area contributed by atoms with Crippen molar-refractivity contribution in [2.24, 2.45) is 5.92 Å². The highest BCUT2D eigenvalue weighted by atomic mass is 15.1. The lowest BCUT2D eigenvalue weighted by molar-refractivity contribution is 0.462. The predicted octanol–water partition coefficient (Wildman–Crippen LogP) is 4.19. The second kappa shape index (κ2) is 5.89. The van der Waals surface area contributed by atoms with Crippen LogP contribution in [0.1, 0.15) is 40.0 Å². The molecule has 2 rings (SSSR count). The third kappa shape index (κ3) is 2.84. The first-order valence-electron chi connectivity index (χ1n) is 6.93. The number of H-pyrrole nitrogens is 1. The molecule has 3 nitrogen and oxygen atoms in total. The molecular formula is C15H23N3. The fraction of sp³-hybridized carbons (Fsp3) is 0.533. The summed E-state index contributed by atoms with van der Waals surface area (Å²) in [5.41, 5.74) is 2.29. The largest absolute Gasteiger partial charge is 0.382 e. The van der Waals surface area contributed by atoms with Crippen molar-refractivity contribution >= 4 is 16.6 Å². The van der Waals surface area contributed by atoms with Crippen molar-refractivity contribution in [1.82, 2.24) is 10.2 Å². The van der Waals surface area contributed by atoms with E-state index < -0.39 is 0 Å². The summed E-state index contributed by atoms with van der Waals surface area (Å²) in [6, 6.07) is 6.81. The Morgan fingerprint density at radius 3 is 2.83 bits per heavy atom. The maximum Gasteiger partial charge on any atom is 0.0671 e. The van der Waals surface area contributed by atoms with Gasteiger partial charge in [0.25, 0.3) is 0 Å². The van der Waals surface area contributed by atoms with Crippen molar-refractivity contribution in [3.8, 4) is 0 Å². The SMILES string of the molecule is CCC(C)CC(CC)Nc1cccc2[nH]ncc12. The van der Waals surface area contributed by atoms with E-state index in [2.05, 4.69) is 54.5 Å². The van der Waals surface area contributed by atoms with Gasteiger partial charge >= 0.3 is 0 Å². The molecule has 18 heavy (non-hydrogen) atoms. The highest BCUT2D eigenvalue weighted by Crippen LogP contribution is 2.24. The summed E-state index contributed by atoms with van der Waals surface area (Å²) in [5.74, 6) is 0.769. The summed E-state index contributed by atoms with van der Waals surface area (Å²) in [6.45, 7) is 6.83. The lowest BCUT2D eigenvalue weighted by Crippen LogP contribution is -2.21. The third-order valence-corrected chi connectivity index (χ3v) is 3.72. The Labute approximate surface area is 109 Å². The quantitative estimate of drug-likeness (QED) is 0.801. The monoisotopic (exact) mass is 245 g/mol. The fourth-order valence-corrected chi connectivity index (χ4v) is 2.29. The van der Waals surface area contributed by atoms with E-state index in [1.807, 2.05) is 6.20 Å². The molecule has 2 atom stereocenters. The lowest BCUT2D eigenvalue weighted by atomic mass is 9.97. The average molecular weight is 245 g/mol. The van der Waals surface area contributed by atoms with E-state index in [0.717, 1.165) is 17.9 Å². The molecule has 1 aromatic carbocycles. The van der Waals surface area contributed by atoms with Crippen molar-refractivity contribution < 1.29 is 0 Å². The van der Waals surface area contributed by atoms with E-state index >= 15 is 0 Å². The molecule has 2 aromatic rings. The first-order valence-corrected chi connectivity index (χ1v) is 6.93. The summed E-state index contributed by atoms with van der Waals surface area (Å²) in [7, 11) is 0. The summed E-state index contributed by atoms with van der Waals surface area (Å²) in [6.07, 6.45) is 5.52. The van der Waals surface area contributed by atoms with Crippen LogP contribution < -0.4 is 5.32 Å². The Bertz CT molecular complexity index is 489. The fourth-order valence-electron chi connectivity index (χ4n) is 2.29. The van der Waals surface area contributed by atoms with E-state index in [1.54, 1.807) is 0 Å². The number of rotatable bonds is 6. The summed E-state index contributed by atoms with van der Waals surface area (Å²) in [4.78, 5) is 0. The molecule has 1 heterocycles. The number of nitrogens with zero attached hydrogens (tertiary/aromatic N) is 1. The number of fused-ring (bicyclic) bond motifs is 1. The van der Waals surface area contributed by atoms with Gasteiger partial charge in [0.15, 0.2) is 0 Å². The van der Waals surface area contributed by atoms with Crippen LogP contribution in [0.15, 0.2) is 24.4 Å². The van der Waals surface area contributed by atoms with Crippen LogP contribution in [-0.4, -0.2) is 16.2 Å². The minimum absolute atomic E-state index is 0.542. The lowest BCUT2D eigenvalue weighted by Gasteiger charge is -2.21. The molecule has 0 amide bonds. The van der Waals surface area contributed by atoms with Crippen LogP contribution in [0.25, 0.3) is 10.9 Å². The van der Waals surface area contributed by atoms with Gasteiger partial charge in [-0.05, 0) is 30.9 Å². The van der Waals surface area contributed by atoms with Crippen LogP contribution in [0, 0.1) is 5.92 Å². The molecule has 0 saturated heterocycles. The Hall–Kier alpha value is -1.51. The van der Waals surface area contributed by atoms with Gasteiger partial charge in [0, 0.05) is 17.1 Å². The summed E-state index contributed by atoms with van der Waals surface area (Å²) < 4.78 is 0. The van der Waals surface area contributed by atoms with Crippen LogP contribution in [0.2, 0.25) is 0 Å². The molecule has 1 aromatic heterocycles. The Morgan fingerprint density at radius 2 is 2.11 bits per heavy atom. The van der Waals surface area contributed by atoms with Crippen LogP contribution in [0.4, 0.5) is 5.69 Å². The molecule has 0 fully saturated rings. The normalized spacial score (nSPS) is 14.6. The molecule has 0 spiro atoms. The van der Waals surface area contributed by atoms with Gasteiger partial charge in [-0.3, -0.25) is 5.10 Å². The van der Waals surface area contributed by atoms with Gasteiger partial charge in [0.2, 0.25) is 0 Å². The van der Waals surface area contributed by atoms with Gasteiger partial charge in [-0.25, -0.2) is 0 Å². The minimum Gasteiger partial charge on any atom is -0.382 e. The molecule has 0 aliphatic carbocycles. The third-order valence-electron chi connectivity index (χ3n) is 3.72. The Balaban J connectivity index is 2.13. The maximum atomic E-state index is 4.11. The van der Waals surface area contributed by atoms with E-state index in [0.29, 0.717) is 6.04 Å². The molecule has 0 aliphatic heterocycles. The van der Waals surface area contributed by atoms with Crippen LogP contribution in [0.3, 0.4) is 0 Å². The van der Waals surface area contributed by atoms with E-state index in [-0.39, 0.29) is 0 Å². The predicted molar refractivity (Wildman–Crippen MR) is 77.9 cm³/mol. The van der Waals surface area contributed by atoms with Crippen molar-refractivity contribution in [2.75, 3.05) is 5.32 Å². The first kappa shape index (κ1) is 12.9. The zero-order valence-corrected chi connectivity index (χ0v) is 11.5. The van der Waals surface area contributed by atoms with E-state index in [4.69, 9.17) is 0 Å². The average Bonchev–Trinajstić information content (AvgIpc) is 2.87. The molecule has 2 N–H and O–H groups in total. The Morgan fingerprint density at radius 1 is 1.28 bits per heavy atom. The molecular weight excluding hydrogens is 222 g/mol. The van der Waals surface area contributed by atoms with Crippen molar-refractivity contribution in [3.05, 3.63) is 24.4 Å². The highest BCUT2D eigenvalue weighted by molar-refractivity contribution is 5.90. The van der Waals surface area contributed by atoms with E-state index in [1.165, 1.54) is 23.9 Å². The zero-order valence-electron chi connectivity index (χ0n) is 11.5. The van der Waals surface area contributed by atoms with Crippen molar-refractivity contribution in [2.45, 2.75) is 46.1 Å². The smallest absolute Gasteiger partial charge is 0.0671 e. The van der Waals surface area contributed by atoms with Gasteiger partial charge in [-0.1, -0.05) is 33.3 Å². The Kier molecular flexibility index (Phi) is 4.24. The molecule has 98 valence electrons. The highest BCUT2D eigenvalue weighted by Gasteiger charge is 2.12. The molecule has 0 radical (unpaired) electrons. The molecule has 2 unspecified atom stereocenters. The summed E-state index contributed by atoms with van der Waals surface area (Å²) >= 11 is 0. The van der Waals surface area contributed by atoms with Gasteiger partial charge in [-0.15, -0.1) is 0 Å². The molecule has 0 aliphatic rings. The molecule has 3 heteroatoms.